The second kappa shape index (κ2) is 4.90. The number of halogens is 1. The molecule has 0 bridgehead atoms. The molecule has 0 radical (unpaired) electrons. The van der Waals surface area contributed by atoms with Gasteiger partial charge in [-0.3, -0.25) is 4.79 Å². The van der Waals surface area contributed by atoms with Crippen molar-refractivity contribution >= 4 is 17.4 Å². The second-order valence-electron chi connectivity index (χ2n) is 3.43. The zero-order valence-corrected chi connectivity index (χ0v) is 9.32. The summed E-state index contributed by atoms with van der Waals surface area (Å²) in [4.78, 5) is 15.8. The summed E-state index contributed by atoms with van der Waals surface area (Å²) in [5, 5.41) is 0.267. The molecule has 16 heavy (non-hydrogen) atoms. The van der Waals surface area contributed by atoms with Gasteiger partial charge in [-0.05, 0) is 17.7 Å². The lowest BCUT2D eigenvalue weighted by atomic mass is 10.0. The van der Waals surface area contributed by atoms with Crippen molar-refractivity contribution in [2.24, 2.45) is 0 Å². The van der Waals surface area contributed by atoms with Gasteiger partial charge >= 0.3 is 0 Å². The third-order valence-electron chi connectivity index (χ3n) is 2.27. The van der Waals surface area contributed by atoms with Crippen LogP contribution in [0, 0.1) is 0 Å². The zero-order chi connectivity index (χ0) is 11.4. The van der Waals surface area contributed by atoms with E-state index in [0.717, 1.165) is 5.56 Å². The SMILES string of the molecule is O=C(Cc1ccccc1)c1cccnc1Cl. The van der Waals surface area contributed by atoms with E-state index in [9.17, 15) is 4.79 Å². The average molecular weight is 232 g/mol. The average Bonchev–Trinajstić information content (AvgIpc) is 2.31. The first-order chi connectivity index (χ1) is 7.77. The van der Waals surface area contributed by atoms with Crippen LogP contribution in [0.3, 0.4) is 0 Å². The minimum Gasteiger partial charge on any atom is -0.294 e. The van der Waals surface area contributed by atoms with Crippen LogP contribution >= 0.6 is 11.6 Å². The highest BCUT2D eigenvalue weighted by molar-refractivity contribution is 6.32. The Hall–Kier alpha value is -1.67. The fraction of sp³-hybridized carbons (Fsp3) is 0.0769. The van der Waals surface area contributed by atoms with Gasteiger partial charge in [-0.1, -0.05) is 41.9 Å². The van der Waals surface area contributed by atoms with Crippen LogP contribution < -0.4 is 0 Å². The highest BCUT2D eigenvalue weighted by Gasteiger charge is 2.10. The molecule has 1 heterocycles. The third-order valence-corrected chi connectivity index (χ3v) is 2.57. The van der Waals surface area contributed by atoms with Crippen molar-refractivity contribution in [3.05, 3.63) is 64.9 Å². The number of carbonyl (C=O) groups excluding carboxylic acids is 1. The fourth-order valence-corrected chi connectivity index (χ4v) is 1.70. The van der Waals surface area contributed by atoms with Crippen LogP contribution in [0.5, 0.6) is 0 Å². The number of hydrogen-bond acceptors (Lipinski definition) is 2. The predicted molar refractivity (Wildman–Crippen MR) is 63.7 cm³/mol. The maximum absolute atomic E-state index is 11.9. The number of pyridine rings is 1. The molecule has 0 fully saturated rings. The van der Waals surface area contributed by atoms with E-state index in [-0.39, 0.29) is 10.9 Å². The quantitative estimate of drug-likeness (QED) is 0.600. The van der Waals surface area contributed by atoms with Gasteiger partial charge in [0.2, 0.25) is 0 Å². The molecule has 0 aliphatic carbocycles. The van der Waals surface area contributed by atoms with E-state index in [2.05, 4.69) is 4.98 Å². The Labute approximate surface area is 98.9 Å². The minimum absolute atomic E-state index is 0.00991. The van der Waals surface area contributed by atoms with E-state index < -0.39 is 0 Å². The van der Waals surface area contributed by atoms with Crippen LogP contribution in [-0.4, -0.2) is 10.8 Å². The third kappa shape index (κ3) is 2.47. The number of nitrogens with zero attached hydrogens (tertiary/aromatic N) is 1. The molecule has 0 saturated carbocycles. The lowest BCUT2D eigenvalue weighted by Crippen LogP contribution is -2.04. The summed E-state index contributed by atoms with van der Waals surface area (Å²) >= 11 is 5.85. The minimum atomic E-state index is -0.00991. The number of carbonyl (C=O) groups is 1. The lowest BCUT2D eigenvalue weighted by Gasteiger charge is -2.02. The number of Topliss-reactive ketones (excluding diaryl/α,β-unsaturated/α-hetero) is 1. The van der Waals surface area contributed by atoms with Crippen molar-refractivity contribution in [2.45, 2.75) is 6.42 Å². The summed E-state index contributed by atoms with van der Waals surface area (Å²) in [5.41, 5.74) is 1.46. The molecule has 1 aromatic heterocycles. The van der Waals surface area contributed by atoms with Crippen LogP contribution in [0.2, 0.25) is 5.15 Å². The Morgan fingerprint density at radius 3 is 2.56 bits per heavy atom. The van der Waals surface area contributed by atoms with E-state index in [0.29, 0.717) is 12.0 Å². The molecule has 0 spiro atoms. The van der Waals surface area contributed by atoms with Gasteiger partial charge in [0.25, 0.3) is 0 Å². The normalized spacial score (nSPS) is 10.1. The summed E-state index contributed by atoms with van der Waals surface area (Å²) in [6.45, 7) is 0. The maximum atomic E-state index is 11.9. The molecule has 0 atom stereocenters. The van der Waals surface area contributed by atoms with E-state index in [4.69, 9.17) is 11.6 Å². The zero-order valence-electron chi connectivity index (χ0n) is 8.56. The van der Waals surface area contributed by atoms with Crippen molar-refractivity contribution in [3.63, 3.8) is 0 Å². The van der Waals surface area contributed by atoms with Gasteiger partial charge in [-0.2, -0.15) is 0 Å². The summed E-state index contributed by atoms with van der Waals surface area (Å²) in [6.07, 6.45) is 1.92. The Morgan fingerprint density at radius 1 is 1.12 bits per heavy atom. The Morgan fingerprint density at radius 2 is 1.88 bits per heavy atom. The first-order valence-electron chi connectivity index (χ1n) is 4.95. The van der Waals surface area contributed by atoms with Crippen LogP contribution in [-0.2, 0) is 6.42 Å². The topological polar surface area (TPSA) is 30.0 Å². The molecule has 0 N–H and O–H groups in total. The van der Waals surface area contributed by atoms with Gasteiger partial charge in [0.15, 0.2) is 5.78 Å². The first-order valence-corrected chi connectivity index (χ1v) is 5.33. The molecule has 0 unspecified atom stereocenters. The number of hydrogen-bond donors (Lipinski definition) is 0. The molecular formula is C13H10ClNO. The number of ketones is 1. The molecule has 80 valence electrons. The summed E-state index contributed by atoms with van der Waals surface area (Å²) in [5.74, 6) is -0.00991. The van der Waals surface area contributed by atoms with Gasteiger partial charge in [-0.15, -0.1) is 0 Å². The standard InChI is InChI=1S/C13H10ClNO/c14-13-11(7-4-8-15-13)12(16)9-10-5-2-1-3-6-10/h1-8H,9H2. The first kappa shape index (κ1) is 10.8. The monoisotopic (exact) mass is 231 g/mol. The van der Waals surface area contributed by atoms with Crippen LogP contribution in [0.25, 0.3) is 0 Å². The molecule has 3 heteroatoms. The molecule has 0 aliphatic heterocycles. The fourth-order valence-electron chi connectivity index (χ4n) is 1.47. The van der Waals surface area contributed by atoms with Gasteiger partial charge in [0.1, 0.15) is 5.15 Å². The van der Waals surface area contributed by atoms with E-state index in [1.165, 1.54) is 0 Å². The summed E-state index contributed by atoms with van der Waals surface area (Å²) < 4.78 is 0. The van der Waals surface area contributed by atoms with Gasteiger partial charge in [0, 0.05) is 12.6 Å². The van der Waals surface area contributed by atoms with E-state index in [1.807, 2.05) is 30.3 Å². The Balaban J connectivity index is 2.19. The van der Waals surface area contributed by atoms with Gasteiger partial charge in [-0.25, -0.2) is 4.98 Å². The van der Waals surface area contributed by atoms with Crippen molar-refractivity contribution < 1.29 is 4.79 Å². The molecule has 2 aromatic rings. The van der Waals surface area contributed by atoms with Crippen LogP contribution in [0.1, 0.15) is 15.9 Å². The molecule has 2 nitrogen and oxygen atoms in total. The van der Waals surface area contributed by atoms with E-state index >= 15 is 0 Å². The molecule has 0 saturated heterocycles. The van der Waals surface area contributed by atoms with Crippen LogP contribution in [0.15, 0.2) is 48.7 Å². The largest absolute Gasteiger partial charge is 0.294 e. The summed E-state index contributed by atoms with van der Waals surface area (Å²) in [7, 11) is 0. The Bertz CT molecular complexity index is 496. The smallest absolute Gasteiger partial charge is 0.170 e. The van der Waals surface area contributed by atoms with Crippen molar-refractivity contribution in [2.75, 3.05) is 0 Å². The van der Waals surface area contributed by atoms with Crippen molar-refractivity contribution in [1.29, 1.82) is 0 Å². The molecular weight excluding hydrogens is 222 g/mol. The van der Waals surface area contributed by atoms with Crippen LogP contribution in [0.4, 0.5) is 0 Å². The number of aromatic nitrogens is 1. The van der Waals surface area contributed by atoms with Gasteiger partial charge in [0.05, 0.1) is 5.56 Å². The molecule has 2 rings (SSSR count). The van der Waals surface area contributed by atoms with Crippen molar-refractivity contribution in [1.82, 2.24) is 4.98 Å². The highest BCUT2D eigenvalue weighted by atomic mass is 35.5. The molecule has 0 aliphatic rings. The van der Waals surface area contributed by atoms with Gasteiger partial charge < -0.3 is 0 Å². The molecule has 1 aromatic carbocycles. The number of benzene rings is 1. The van der Waals surface area contributed by atoms with Crippen molar-refractivity contribution in [3.8, 4) is 0 Å². The Kier molecular flexibility index (Phi) is 3.32. The second-order valence-corrected chi connectivity index (χ2v) is 3.79. The lowest BCUT2D eigenvalue weighted by molar-refractivity contribution is 0.0993. The molecule has 0 amide bonds. The van der Waals surface area contributed by atoms with E-state index in [1.54, 1.807) is 18.3 Å². The highest BCUT2D eigenvalue weighted by Crippen LogP contribution is 2.14. The number of rotatable bonds is 3. The maximum Gasteiger partial charge on any atom is 0.170 e. The predicted octanol–water partition coefficient (Wildman–Crippen LogP) is 3.16. The summed E-state index contributed by atoms with van der Waals surface area (Å²) in [6, 6.07) is 13.0.